The van der Waals surface area contributed by atoms with Gasteiger partial charge in [0.2, 0.25) is 0 Å². The number of halogens is 2. The first kappa shape index (κ1) is 22.3. The van der Waals surface area contributed by atoms with Gasteiger partial charge in [-0.2, -0.15) is 0 Å². The van der Waals surface area contributed by atoms with Crippen LogP contribution in [0.3, 0.4) is 0 Å². The number of hydrogen-bond acceptors (Lipinski definition) is 1. The van der Waals surface area contributed by atoms with Gasteiger partial charge in [-0.3, -0.25) is 0 Å². The maximum Gasteiger partial charge on any atom is 0.134 e. The fraction of sp³-hybridized carbons (Fsp3) is 0.571. The van der Waals surface area contributed by atoms with Crippen LogP contribution in [-0.2, 0) is 0 Å². The second kappa shape index (κ2) is 10.1. The van der Waals surface area contributed by atoms with Crippen molar-refractivity contribution in [2.24, 2.45) is 17.8 Å². The Morgan fingerprint density at radius 2 is 1.55 bits per heavy atom. The van der Waals surface area contributed by atoms with Crippen molar-refractivity contribution in [2.75, 3.05) is 7.11 Å². The Kier molecular flexibility index (Phi) is 7.30. The molecule has 4 unspecified atom stereocenters. The van der Waals surface area contributed by atoms with Crippen LogP contribution in [0.1, 0.15) is 82.6 Å². The molecule has 31 heavy (non-hydrogen) atoms. The fourth-order valence-corrected chi connectivity index (χ4v) is 6.10. The molecule has 168 valence electrons. The van der Waals surface area contributed by atoms with E-state index in [0.717, 1.165) is 36.2 Å². The van der Waals surface area contributed by atoms with E-state index in [1.807, 2.05) is 0 Å². The molecule has 3 heteroatoms. The molecule has 0 saturated heterocycles. The zero-order chi connectivity index (χ0) is 21.8. The Morgan fingerprint density at radius 3 is 2.23 bits per heavy atom. The summed E-state index contributed by atoms with van der Waals surface area (Å²) in [6.07, 6.45) is 12.8. The molecule has 0 N–H and O–H groups in total. The van der Waals surface area contributed by atoms with Gasteiger partial charge >= 0.3 is 0 Å². The van der Waals surface area contributed by atoms with Gasteiger partial charge in [-0.1, -0.05) is 51.2 Å². The first-order valence-corrected chi connectivity index (χ1v) is 12.2. The summed E-state index contributed by atoms with van der Waals surface area (Å²) >= 11 is 0. The minimum atomic E-state index is -0.457. The smallest absolute Gasteiger partial charge is 0.134 e. The second-order valence-corrected chi connectivity index (χ2v) is 9.79. The van der Waals surface area contributed by atoms with Gasteiger partial charge < -0.3 is 4.74 Å². The standard InChI is InChI=1S/C28H36F2O/c1-3-4-5-6-19-7-8-22-16-23(10-9-21(22)15-19)24-17-26(29)28(27(30)18-24)20-11-13-25(31-2)14-12-20/h11-14,17-19,21-23H,3-10,15-16H2,1-2H3. The maximum absolute atomic E-state index is 15.0. The SMILES string of the molecule is CCCCCC1CCC2CC(c3cc(F)c(-c4ccc(OC)cc4)c(F)c3)CCC2C1. The van der Waals surface area contributed by atoms with Crippen molar-refractivity contribution in [2.45, 2.75) is 77.0 Å². The van der Waals surface area contributed by atoms with Crippen LogP contribution < -0.4 is 4.74 Å². The van der Waals surface area contributed by atoms with E-state index in [2.05, 4.69) is 6.92 Å². The average molecular weight is 427 g/mol. The Balaban J connectivity index is 1.43. The van der Waals surface area contributed by atoms with Crippen molar-refractivity contribution >= 4 is 0 Å². The predicted octanol–water partition coefficient (Wildman–Crippen LogP) is 8.52. The van der Waals surface area contributed by atoms with Crippen molar-refractivity contribution in [1.82, 2.24) is 0 Å². The van der Waals surface area contributed by atoms with Crippen molar-refractivity contribution in [3.63, 3.8) is 0 Å². The third-order valence-electron chi connectivity index (χ3n) is 7.85. The molecule has 0 amide bonds. The lowest BCUT2D eigenvalue weighted by Gasteiger charge is -2.42. The second-order valence-electron chi connectivity index (χ2n) is 9.79. The van der Waals surface area contributed by atoms with Crippen molar-refractivity contribution in [3.05, 3.63) is 53.6 Å². The molecule has 0 aliphatic heterocycles. The summed E-state index contributed by atoms with van der Waals surface area (Å²) in [6.45, 7) is 2.27. The first-order valence-electron chi connectivity index (χ1n) is 12.2. The van der Waals surface area contributed by atoms with E-state index in [0.29, 0.717) is 11.3 Å². The van der Waals surface area contributed by atoms with Gasteiger partial charge in [0.1, 0.15) is 17.4 Å². The lowest BCUT2D eigenvalue weighted by atomic mass is 9.63. The lowest BCUT2D eigenvalue weighted by molar-refractivity contribution is 0.113. The van der Waals surface area contributed by atoms with Crippen molar-refractivity contribution in [1.29, 1.82) is 0 Å². The maximum atomic E-state index is 15.0. The molecule has 4 atom stereocenters. The highest BCUT2D eigenvalue weighted by molar-refractivity contribution is 5.66. The molecule has 2 fully saturated rings. The summed E-state index contributed by atoms with van der Waals surface area (Å²) in [5.74, 6) is 2.51. The first-order chi connectivity index (χ1) is 15.1. The summed E-state index contributed by atoms with van der Waals surface area (Å²) in [5.41, 5.74) is 1.45. The number of unbranched alkanes of at least 4 members (excludes halogenated alkanes) is 2. The molecule has 2 aromatic rings. The van der Waals surface area contributed by atoms with Crippen LogP contribution >= 0.6 is 0 Å². The van der Waals surface area contributed by atoms with Gasteiger partial charge in [0, 0.05) is 0 Å². The van der Waals surface area contributed by atoms with Crippen molar-refractivity contribution < 1.29 is 13.5 Å². The Morgan fingerprint density at radius 1 is 0.871 bits per heavy atom. The fourth-order valence-electron chi connectivity index (χ4n) is 6.10. The molecular weight excluding hydrogens is 390 g/mol. The van der Waals surface area contributed by atoms with Gasteiger partial charge in [0.25, 0.3) is 0 Å². The normalized spacial score (nSPS) is 25.8. The van der Waals surface area contributed by atoms with E-state index in [4.69, 9.17) is 4.74 Å². The highest BCUT2D eigenvalue weighted by Gasteiger charge is 2.36. The molecular formula is C28H36F2O. The molecule has 0 heterocycles. The van der Waals surface area contributed by atoms with Crippen LogP contribution in [0, 0.1) is 29.4 Å². The summed E-state index contributed by atoms with van der Waals surface area (Å²) < 4.78 is 35.1. The molecule has 0 aromatic heterocycles. The number of rotatable bonds is 7. The summed E-state index contributed by atoms with van der Waals surface area (Å²) in [4.78, 5) is 0. The summed E-state index contributed by atoms with van der Waals surface area (Å²) in [6, 6.07) is 10.1. The number of fused-ring (bicyclic) bond motifs is 1. The predicted molar refractivity (Wildman–Crippen MR) is 123 cm³/mol. The van der Waals surface area contributed by atoms with Crippen LogP contribution in [0.4, 0.5) is 8.78 Å². The zero-order valence-corrected chi connectivity index (χ0v) is 19.0. The average Bonchev–Trinajstić information content (AvgIpc) is 2.79. The Hall–Kier alpha value is -1.90. The molecule has 2 aromatic carbocycles. The Bertz CT molecular complexity index is 837. The van der Waals surface area contributed by atoms with E-state index < -0.39 is 11.6 Å². The van der Waals surface area contributed by atoms with E-state index >= 15 is 0 Å². The minimum absolute atomic E-state index is 0.0627. The van der Waals surface area contributed by atoms with Crippen LogP contribution in [-0.4, -0.2) is 7.11 Å². The van der Waals surface area contributed by atoms with Crippen LogP contribution in [0.15, 0.2) is 36.4 Å². The van der Waals surface area contributed by atoms with Gasteiger partial charge in [0.15, 0.2) is 0 Å². The van der Waals surface area contributed by atoms with Crippen LogP contribution in [0.25, 0.3) is 11.1 Å². The van der Waals surface area contributed by atoms with Crippen LogP contribution in [0.5, 0.6) is 5.75 Å². The summed E-state index contributed by atoms with van der Waals surface area (Å²) in [7, 11) is 1.58. The minimum Gasteiger partial charge on any atom is -0.497 e. The van der Waals surface area contributed by atoms with E-state index in [-0.39, 0.29) is 11.5 Å². The third-order valence-corrected chi connectivity index (χ3v) is 7.85. The van der Waals surface area contributed by atoms with Crippen LogP contribution in [0.2, 0.25) is 0 Å². The quantitative estimate of drug-likeness (QED) is 0.403. The lowest BCUT2D eigenvalue weighted by Crippen LogP contribution is -2.30. The molecule has 2 saturated carbocycles. The molecule has 0 spiro atoms. The number of ether oxygens (including phenoxy) is 1. The van der Waals surface area contributed by atoms with Gasteiger partial charge in [0.05, 0.1) is 12.7 Å². The van der Waals surface area contributed by atoms with Gasteiger partial charge in [-0.05, 0) is 91.2 Å². The number of benzene rings is 2. The van der Waals surface area contributed by atoms with E-state index in [1.54, 1.807) is 43.5 Å². The zero-order valence-electron chi connectivity index (χ0n) is 19.0. The molecule has 4 rings (SSSR count). The highest BCUT2D eigenvalue weighted by Crippen LogP contribution is 2.49. The molecule has 1 nitrogen and oxygen atoms in total. The molecule has 2 aliphatic rings. The van der Waals surface area contributed by atoms with Crippen molar-refractivity contribution in [3.8, 4) is 16.9 Å². The summed E-state index contributed by atoms with van der Waals surface area (Å²) in [5, 5.41) is 0. The highest BCUT2D eigenvalue weighted by atomic mass is 19.1. The largest absolute Gasteiger partial charge is 0.497 e. The Labute approximate surface area is 186 Å². The number of methoxy groups -OCH3 is 1. The number of hydrogen-bond donors (Lipinski definition) is 0. The van der Waals surface area contributed by atoms with Gasteiger partial charge in [-0.25, -0.2) is 8.78 Å². The van der Waals surface area contributed by atoms with E-state index in [9.17, 15) is 8.78 Å². The third kappa shape index (κ3) is 5.13. The molecule has 0 radical (unpaired) electrons. The molecule has 2 aliphatic carbocycles. The topological polar surface area (TPSA) is 9.23 Å². The van der Waals surface area contributed by atoms with E-state index in [1.165, 1.54) is 51.4 Å². The molecule has 0 bridgehead atoms. The monoisotopic (exact) mass is 426 g/mol. The van der Waals surface area contributed by atoms with Gasteiger partial charge in [-0.15, -0.1) is 0 Å².